The van der Waals surface area contributed by atoms with Crippen LogP contribution in [0.25, 0.3) is 10.9 Å². The molecule has 5 heteroatoms. The number of hydrogen-bond donors (Lipinski definition) is 1. The smallest absolute Gasteiger partial charge is 0.258 e. The molecule has 2 aromatic carbocycles. The van der Waals surface area contributed by atoms with Gasteiger partial charge in [0, 0.05) is 11.0 Å². The highest BCUT2D eigenvalue weighted by Gasteiger charge is 2.09. The lowest BCUT2D eigenvalue weighted by molar-refractivity contribution is 0.264. The van der Waals surface area contributed by atoms with Crippen LogP contribution in [0.5, 0.6) is 0 Å². The zero-order valence-corrected chi connectivity index (χ0v) is 14.5. The summed E-state index contributed by atoms with van der Waals surface area (Å²) in [4.78, 5) is 21.9. The van der Waals surface area contributed by atoms with Crippen LogP contribution in [0.2, 0.25) is 0 Å². The summed E-state index contributed by atoms with van der Waals surface area (Å²) < 4.78 is 1.07. The van der Waals surface area contributed by atoms with Gasteiger partial charge < -0.3 is 4.98 Å². The molecule has 0 atom stereocenters. The quantitative estimate of drug-likeness (QED) is 0.743. The number of para-hydroxylation sites is 1. The minimum absolute atomic E-state index is 0.0795. The van der Waals surface area contributed by atoms with Crippen molar-refractivity contribution in [1.29, 1.82) is 0 Å². The maximum Gasteiger partial charge on any atom is 0.258 e. The Kier molecular flexibility index (Phi) is 4.88. The van der Waals surface area contributed by atoms with Crippen LogP contribution in [0.1, 0.15) is 18.3 Å². The molecule has 0 amide bonds. The summed E-state index contributed by atoms with van der Waals surface area (Å²) in [6.45, 7) is 4.41. The molecular weight excluding hydrogens is 354 g/mol. The molecule has 0 saturated heterocycles. The third-order valence-electron chi connectivity index (χ3n) is 3.78. The molecule has 23 heavy (non-hydrogen) atoms. The van der Waals surface area contributed by atoms with Gasteiger partial charge in [-0.1, -0.05) is 47.1 Å². The predicted octanol–water partition coefficient (Wildman–Crippen LogP) is 3.71. The van der Waals surface area contributed by atoms with Crippen LogP contribution in [-0.2, 0) is 13.1 Å². The van der Waals surface area contributed by atoms with Crippen LogP contribution in [0.3, 0.4) is 0 Å². The van der Waals surface area contributed by atoms with Crippen LogP contribution in [-0.4, -0.2) is 21.4 Å². The lowest BCUT2D eigenvalue weighted by Crippen LogP contribution is -2.25. The van der Waals surface area contributed by atoms with Gasteiger partial charge in [-0.15, -0.1) is 0 Å². The molecule has 0 aliphatic carbocycles. The highest BCUT2D eigenvalue weighted by atomic mass is 79.9. The lowest BCUT2D eigenvalue weighted by atomic mass is 10.2. The lowest BCUT2D eigenvalue weighted by Gasteiger charge is -2.20. The fourth-order valence-corrected chi connectivity index (χ4v) is 3.04. The summed E-state index contributed by atoms with van der Waals surface area (Å²) in [7, 11) is 0. The minimum Gasteiger partial charge on any atom is -0.309 e. The van der Waals surface area contributed by atoms with Gasteiger partial charge in [-0.2, -0.15) is 0 Å². The van der Waals surface area contributed by atoms with Crippen LogP contribution in [0.15, 0.2) is 57.8 Å². The summed E-state index contributed by atoms with van der Waals surface area (Å²) in [5, 5.41) is 0.631. The van der Waals surface area contributed by atoms with E-state index in [4.69, 9.17) is 0 Å². The Morgan fingerprint density at radius 1 is 1.13 bits per heavy atom. The molecule has 3 rings (SSSR count). The number of fused-ring (bicyclic) bond motifs is 1. The average molecular weight is 372 g/mol. The number of hydrogen-bond acceptors (Lipinski definition) is 3. The fraction of sp³-hybridized carbons (Fsp3) is 0.222. The third kappa shape index (κ3) is 3.86. The second-order valence-electron chi connectivity index (χ2n) is 5.46. The van der Waals surface area contributed by atoms with Crippen LogP contribution >= 0.6 is 15.9 Å². The van der Waals surface area contributed by atoms with Crippen molar-refractivity contribution in [2.45, 2.75) is 20.0 Å². The van der Waals surface area contributed by atoms with Crippen molar-refractivity contribution in [1.82, 2.24) is 14.9 Å². The zero-order valence-electron chi connectivity index (χ0n) is 12.9. The van der Waals surface area contributed by atoms with E-state index in [2.05, 4.69) is 49.9 Å². The molecule has 0 saturated carbocycles. The van der Waals surface area contributed by atoms with E-state index in [9.17, 15) is 4.79 Å². The van der Waals surface area contributed by atoms with Crippen LogP contribution in [0, 0.1) is 0 Å². The van der Waals surface area contributed by atoms with Gasteiger partial charge in [-0.3, -0.25) is 9.69 Å². The van der Waals surface area contributed by atoms with Gasteiger partial charge in [0.05, 0.1) is 17.4 Å². The monoisotopic (exact) mass is 371 g/mol. The Bertz CT molecular complexity index is 875. The Morgan fingerprint density at radius 2 is 1.96 bits per heavy atom. The van der Waals surface area contributed by atoms with Gasteiger partial charge in [0.15, 0.2) is 0 Å². The normalized spacial score (nSPS) is 11.3. The van der Waals surface area contributed by atoms with Gasteiger partial charge in [-0.05, 0) is 36.4 Å². The van der Waals surface area contributed by atoms with Crippen molar-refractivity contribution in [2.24, 2.45) is 0 Å². The van der Waals surface area contributed by atoms with E-state index in [1.807, 2.05) is 30.3 Å². The number of halogens is 1. The number of nitrogens with zero attached hydrogens (tertiary/aromatic N) is 2. The van der Waals surface area contributed by atoms with Crippen molar-refractivity contribution >= 4 is 26.8 Å². The molecule has 0 spiro atoms. The fourth-order valence-electron chi connectivity index (χ4n) is 2.59. The van der Waals surface area contributed by atoms with E-state index in [1.165, 1.54) is 5.56 Å². The first-order chi connectivity index (χ1) is 11.2. The first-order valence-corrected chi connectivity index (χ1v) is 8.39. The Morgan fingerprint density at radius 3 is 2.74 bits per heavy atom. The second-order valence-corrected chi connectivity index (χ2v) is 6.38. The molecule has 0 bridgehead atoms. The molecule has 4 nitrogen and oxygen atoms in total. The van der Waals surface area contributed by atoms with Crippen molar-refractivity contribution in [2.75, 3.05) is 6.54 Å². The Hall–Kier alpha value is -1.98. The van der Waals surface area contributed by atoms with Crippen LogP contribution in [0.4, 0.5) is 0 Å². The number of rotatable bonds is 5. The summed E-state index contributed by atoms with van der Waals surface area (Å²) in [5.41, 5.74) is 1.89. The molecular formula is C18H18BrN3O. The van der Waals surface area contributed by atoms with E-state index in [0.29, 0.717) is 17.8 Å². The van der Waals surface area contributed by atoms with E-state index in [-0.39, 0.29) is 5.56 Å². The third-order valence-corrected chi connectivity index (χ3v) is 4.27. The number of aromatic nitrogens is 2. The van der Waals surface area contributed by atoms with E-state index < -0.39 is 0 Å². The number of aromatic amines is 1. The predicted molar refractivity (Wildman–Crippen MR) is 96.3 cm³/mol. The van der Waals surface area contributed by atoms with Gasteiger partial charge in [0.1, 0.15) is 5.82 Å². The Balaban J connectivity index is 1.83. The average Bonchev–Trinajstić information content (AvgIpc) is 2.54. The summed E-state index contributed by atoms with van der Waals surface area (Å²) in [6.07, 6.45) is 0. The van der Waals surface area contributed by atoms with Crippen molar-refractivity contribution in [3.63, 3.8) is 0 Å². The highest BCUT2D eigenvalue weighted by molar-refractivity contribution is 9.10. The summed E-state index contributed by atoms with van der Waals surface area (Å²) >= 11 is 3.50. The van der Waals surface area contributed by atoms with E-state index >= 15 is 0 Å². The Labute approximate surface area is 143 Å². The van der Waals surface area contributed by atoms with Crippen LogP contribution < -0.4 is 5.56 Å². The van der Waals surface area contributed by atoms with Crippen molar-refractivity contribution in [3.8, 4) is 0 Å². The van der Waals surface area contributed by atoms with Gasteiger partial charge in [0.2, 0.25) is 0 Å². The minimum atomic E-state index is -0.0795. The molecule has 0 aliphatic rings. The maximum atomic E-state index is 12.2. The molecule has 3 aromatic rings. The number of H-pyrrole nitrogens is 1. The molecule has 0 aliphatic heterocycles. The molecule has 1 heterocycles. The van der Waals surface area contributed by atoms with Gasteiger partial charge >= 0.3 is 0 Å². The van der Waals surface area contributed by atoms with E-state index in [0.717, 1.165) is 23.1 Å². The van der Waals surface area contributed by atoms with E-state index in [1.54, 1.807) is 6.07 Å². The van der Waals surface area contributed by atoms with Crippen molar-refractivity contribution < 1.29 is 0 Å². The molecule has 1 N–H and O–H groups in total. The van der Waals surface area contributed by atoms with Gasteiger partial charge in [-0.25, -0.2) is 4.98 Å². The largest absolute Gasteiger partial charge is 0.309 e. The topological polar surface area (TPSA) is 49.0 Å². The zero-order chi connectivity index (χ0) is 16.2. The standard InChI is InChI=1S/C18H18BrN3O/c1-2-22(11-13-6-5-7-14(19)10-13)12-17-20-16-9-4-3-8-15(16)18(23)21-17/h3-10H,2,11-12H2,1H3,(H,20,21,23). The first kappa shape index (κ1) is 15.9. The molecule has 0 unspecified atom stereocenters. The molecule has 1 aromatic heterocycles. The molecule has 0 radical (unpaired) electrons. The summed E-state index contributed by atoms with van der Waals surface area (Å²) in [6, 6.07) is 15.7. The molecule has 118 valence electrons. The first-order valence-electron chi connectivity index (χ1n) is 7.60. The number of benzene rings is 2. The van der Waals surface area contributed by atoms with Gasteiger partial charge in [0.25, 0.3) is 5.56 Å². The second kappa shape index (κ2) is 7.06. The molecule has 0 fully saturated rings. The van der Waals surface area contributed by atoms with Crippen molar-refractivity contribution in [3.05, 3.63) is 74.7 Å². The maximum absolute atomic E-state index is 12.2. The summed E-state index contributed by atoms with van der Waals surface area (Å²) in [5.74, 6) is 0.700. The highest BCUT2D eigenvalue weighted by Crippen LogP contribution is 2.14. The SMILES string of the molecule is CCN(Cc1cccc(Br)c1)Cc1nc2ccccc2c(=O)[nH]1. The number of nitrogens with one attached hydrogen (secondary N) is 1.